The van der Waals surface area contributed by atoms with E-state index in [0.29, 0.717) is 12.3 Å². The number of aromatic nitrogens is 1. The Morgan fingerprint density at radius 1 is 1.26 bits per heavy atom. The molecule has 1 amide bonds. The molecule has 1 aromatic carbocycles. The van der Waals surface area contributed by atoms with Crippen LogP contribution in [0.2, 0.25) is 0 Å². The summed E-state index contributed by atoms with van der Waals surface area (Å²) >= 11 is 1.45. The minimum atomic E-state index is 0.0425. The van der Waals surface area contributed by atoms with Crippen molar-refractivity contribution in [2.45, 2.75) is 18.9 Å². The van der Waals surface area contributed by atoms with Crippen LogP contribution in [0.25, 0.3) is 0 Å². The fourth-order valence-corrected chi connectivity index (χ4v) is 2.94. The van der Waals surface area contributed by atoms with Crippen molar-refractivity contribution in [3.63, 3.8) is 0 Å². The maximum Gasteiger partial charge on any atom is 0.230 e. The summed E-state index contributed by atoms with van der Waals surface area (Å²) in [4.78, 5) is 18.4. The third-order valence-corrected chi connectivity index (χ3v) is 4.39. The lowest BCUT2D eigenvalue weighted by atomic mass is 10.2. The molecule has 0 aliphatic heterocycles. The van der Waals surface area contributed by atoms with Crippen molar-refractivity contribution in [2.75, 3.05) is 30.3 Å². The molecule has 122 valence electrons. The van der Waals surface area contributed by atoms with Crippen LogP contribution in [0.4, 0.5) is 5.69 Å². The minimum Gasteiger partial charge on any atom is -0.370 e. The Bertz CT molecular complexity index is 619. The van der Waals surface area contributed by atoms with Crippen molar-refractivity contribution in [3.8, 4) is 0 Å². The van der Waals surface area contributed by atoms with Gasteiger partial charge in [0.15, 0.2) is 0 Å². The Morgan fingerprint density at radius 2 is 2.13 bits per heavy atom. The molecule has 0 unspecified atom stereocenters. The van der Waals surface area contributed by atoms with E-state index in [1.165, 1.54) is 23.0 Å². The number of hydrogen-bond donors (Lipinski definition) is 1. The third-order valence-electron chi connectivity index (χ3n) is 3.44. The molecule has 0 aliphatic rings. The van der Waals surface area contributed by atoms with E-state index < -0.39 is 0 Å². The molecule has 2 aromatic rings. The Kier molecular flexibility index (Phi) is 6.94. The van der Waals surface area contributed by atoms with Gasteiger partial charge in [-0.25, -0.2) is 4.98 Å². The largest absolute Gasteiger partial charge is 0.370 e. The summed E-state index contributed by atoms with van der Waals surface area (Å²) in [6.07, 6.45) is 1.74. The van der Waals surface area contributed by atoms with E-state index in [-0.39, 0.29) is 5.91 Å². The number of rotatable bonds is 8. The van der Waals surface area contributed by atoms with Crippen LogP contribution in [-0.2, 0) is 4.79 Å². The van der Waals surface area contributed by atoms with Crippen LogP contribution in [-0.4, -0.2) is 36.3 Å². The van der Waals surface area contributed by atoms with E-state index in [1.54, 1.807) is 6.20 Å². The molecule has 0 saturated carbocycles. The molecule has 0 saturated heterocycles. The molecule has 0 bridgehead atoms. The number of thioether (sulfide) groups is 1. The SMILES string of the molecule is CCN(CCNC(=O)CSc1ccccn1)c1cccc(C)c1. The average molecular weight is 329 g/mol. The molecule has 1 N–H and O–H groups in total. The van der Waals surface area contributed by atoms with E-state index in [4.69, 9.17) is 0 Å². The first-order valence-electron chi connectivity index (χ1n) is 7.81. The topological polar surface area (TPSA) is 45.2 Å². The zero-order valence-electron chi connectivity index (χ0n) is 13.7. The van der Waals surface area contributed by atoms with Crippen molar-refractivity contribution in [1.29, 1.82) is 0 Å². The second kappa shape index (κ2) is 9.20. The molecule has 1 aromatic heterocycles. The van der Waals surface area contributed by atoms with Crippen LogP contribution in [0.15, 0.2) is 53.7 Å². The van der Waals surface area contributed by atoms with E-state index in [1.807, 2.05) is 18.2 Å². The molecule has 23 heavy (non-hydrogen) atoms. The van der Waals surface area contributed by atoms with Crippen LogP contribution in [0.1, 0.15) is 12.5 Å². The Hall–Kier alpha value is -2.01. The van der Waals surface area contributed by atoms with Crippen LogP contribution in [0, 0.1) is 6.92 Å². The predicted octanol–water partition coefficient (Wildman–Crippen LogP) is 3.12. The lowest BCUT2D eigenvalue weighted by molar-refractivity contribution is -0.118. The van der Waals surface area contributed by atoms with E-state index >= 15 is 0 Å². The highest BCUT2D eigenvalue weighted by molar-refractivity contribution is 7.99. The van der Waals surface area contributed by atoms with Gasteiger partial charge in [0.05, 0.1) is 10.8 Å². The van der Waals surface area contributed by atoms with E-state index in [0.717, 1.165) is 18.1 Å². The second-order valence-electron chi connectivity index (χ2n) is 5.23. The smallest absolute Gasteiger partial charge is 0.230 e. The van der Waals surface area contributed by atoms with Gasteiger partial charge in [0, 0.05) is 31.5 Å². The predicted molar refractivity (Wildman–Crippen MR) is 97.0 cm³/mol. The van der Waals surface area contributed by atoms with Gasteiger partial charge in [0.25, 0.3) is 0 Å². The lowest BCUT2D eigenvalue weighted by Crippen LogP contribution is -2.35. The zero-order chi connectivity index (χ0) is 16.5. The number of hydrogen-bond acceptors (Lipinski definition) is 4. The van der Waals surface area contributed by atoms with Crippen molar-refractivity contribution < 1.29 is 4.79 Å². The number of carbonyl (C=O) groups excluding carboxylic acids is 1. The standard InChI is InChI=1S/C18H23N3OS/c1-3-21(16-8-6-7-15(2)13-16)12-11-19-17(22)14-23-18-9-4-5-10-20-18/h4-10,13H,3,11-12,14H2,1-2H3,(H,19,22). The van der Waals surface area contributed by atoms with E-state index in [2.05, 4.69) is 53.3 Å². The Morgan fingerprint density at radius 3 is 2.83 bits per heavy atom. The third kappa shape index (κ3) is 5.94. The monoisotopic (exact) mass is 329 g/mol. The number of aryl methyl sites for hydroxylation is 1. The highest BCUT2D eigenvalue weighted by atomic mass is 32.2. The summed E-state index contributed by atoms with van der Waals surface area (Å²) in [5, 5.41) is 3.85. The molecule has 1 heterocycles. The number of amides is 1. The fraction of sp³-hybridized carbons (Fsp3) is 0.333. The molecule has 0 fully saturated rings. The molecule has 0 aliphatic carbocycles. The number of nitrogens with zero attached hydrogens (tertiary/aromatic N) is 2. The highest BCUT2D eigenvalue weighted by Crippen LogP contribution is 2.15. The molecule has 0 atom stereocenters. The van der Waals surface area contributed by atoms with E-state index in [9.17, 15) is 4.79 Å². The van der Waals surface area contributed by atoms with Crippen LogP contribution in [0.5, 0.6) is 0 Å². The van der Waals surface area contributed by atoms with Crippen molar-refractivity contribution in [3.05, 3.63) is 54.2 Å². The summed E-state index contributed by atoms with van der Waals surface area (Å²) in [7, 11) is 0. The van der Waals surface area contributed by atoms with Gasteiger partial charge in [-0.1, -0.05) is 30.0 Å². The lowest BCUT2D eigenvalue weighted by Gasteiger charge is -2.23. The van der Waals surface area contributed by atoms with Gasteiger partial charge in [0.2, 0.25) is 5.91 Å². The number of nitrogens with one attached hydrogen (secondary N) is 1. The molecule has 2 rings (SSSR count). The number of anilines is 1. The van der Waals surface area contributed by atoms with Gasteiger partial charge >= 0.3 is 0 Å². The van der Waals surface area contributed by atoms with Gasteiger partial charge < -0.3 is 10.2 Å². The summed E-state index contributed by atoms with van der Waals surface area (Å²) in [5.74, 6) is 0.439. The number of pyridine rings is 1. The molecule has 0 spiro atoms. The molecular weight excluding hydrogens is 306 g/mol. The number of benzene rings is 1. The molecule has 4 nitrogen and oxygen atoms in total. The van der Waals surface area contributed by atoms with Gasteiger partial charge in [-0.3, -0.25) is 4.79 Å². The Balaban J connectivity index is 1.73. The first kappa shape index (κ1) is 17.3. The zero-order valence-corrected chi connectivity index (χ0v) is 14.5. The van der Waals surface area contributed by atoms with Gasteiger partial charge in [-0.05, 0) is 43.7 Å². The van der Waals surface area contributed by atoms with Crippen molar-refractivity contribution in [1.82, 2.24) is 10.3 Å². The normalized spacial score (nSPS) is 10.3. The average Bonchev–Trinajstić information content (AvgIpc) is 2.58. The maximum absolute atomic E-state index is 11.9. The van der Waals surface area contributed by atoms with Gasteiger partial charge in [-0.2, -0.15) is 0 Å². The number of carbonyl (C=O) groups is 1. The Labute approximate surface area is 142 Å². The fourth-order valence-electron chi connectivity index (χ4n) is 2.25. The van der Waals surface area contributed by atoms with Gasteiger partial charge in [0.1, 0.15) is 0 Å². The first-order chi connectivity index (χ1) is 11.2. The maximum atomic E-state index is 11.9. The summed E-state index contributed by atoms with van der Waals surface area (Å²) < 4.78 is 0. The molecule has 0 radical (unpaired) electrons. The molecular formula is C18H23N3OS. The van der Waals surface area contributed by atoms with Crippen LogP contribution in [0.3, 0.4) is 0 Å². The van der Waals surface area contributed by atoms with Crippen molar-refractivity contribution in [2.24, 2.45) is 0 Å². The summed E-state index contributed by atoms with van der Waals surface area (Å²) in [5.41, 5.74) is 2.45. The second-order valence-corrected chi connectivity index (χ2v) is 6.22. The summed E-state index contributed by atoms with van der Waals surface area (Å²) in [6.45, 7) is 6.58. The minimum absolute atomic E-state index is 0.0425. The molecule has 5 heteroatoms. The quantitative estimate of drug-likeness (QED) is 0.756. The summed E-state index contributed by atoms with van der Waals surface area (Å²) in [6, 6.07) is 14.1. The van der Waals surface area contributed by atoms with Crippen LogP contribution >= 0.6 is 11.8 Å². The first-order valence-corrected chi connectivity index (χ1v) is 8.79. The highest BCUT2D eigenvalue weighted by Gasteiger charge is 2.06. The van der Waals surface area contributed by atoms with Crippen molar-refractivity contribution >= 4 is 23.4 Å². The van der Waals surface area contributed by atoms with Crippen LogP contribution < -0.4 is 10.2 Å². The van der Waals surface area contributed by atoms with Gasteiger partial charge in [-0.15, -0.1) is 0 Å². The number of likely N-dealkylation sites (N-methyl/N-ethyl adjacent to an activating group) is 1.